The lowest BCUT2D eigenvalue weighted by molar-refractivity contribution is -0.122. The van der Waals surface area contributed by atoms with Crippen LogP contribution >= 0.6 is 11.6 Å². The van der Waals surface area contributed by atoms with Crippen molar-refractivity contribution in [2.24, 2.45) is 5.92 Å². The lowest BCUT2D eigenvalue weighted by Gasteiger charge is -2.35. The number of carbonyl (C=O) groups is 1. The molecule has 0 amide bonds. The fourth-order valence-electron chi connectivity index (χ4n) is 4.34. The third-order valence-electron chi connectivity index (χ3n) is 5.60. The van der Waals surface area contributed by atoms with Crippen LogP contribution in [0.3, 0.4) is 0 Å². The van der Waals surface area contributed by atoms with E-state index in [1.54, 1.807) is 18.2 Å². The van der Waals surface area contributed by atoms with E-state index in [4.69, 9.17) is 11.6 Å². The van der Waals surface area contributed by atoms with Crippen LogP contribution in [0.5, 0.6) is 0 Å². The van der Waals surface area contributed by atoms with E-state index in [1.807, 2.05) is 24.3 Å². The molecule has 5 rings (SSSR count). The van der Waals surface area contributed by atoms with E-state index in [-0.39, 0.29) is 21.9 Å². The molecule has 0 radical (unpaired) electrons. The minimum Gasteiger partial charge on any atom is -0.343 e. The van der Waals surface area contributed by atoms with Crippen LogP contribution in [0.2, 0.25) is 5.02 Å². The maximum atomic E-state index is 14.9. The standard InChI is InChI=1S/C22H17ClFN3O2/c23-13-8-4-9-14(24)17(13)19-18-15(10-5-11-16(18)28)25-21-20(19)22(29)27(26-21)12-6-2-1-3-7-12/h1-4,6-10,18-19,25-26H,5,11H2. The van der Waals surface area contributed by atoms with Gasteiger partial charge >= 0.3 is 0 Å². The number of halogens is 2. The molecule has 2 heterocycles. The van der Waals surface area contributed by atoms with Crippen molar-refractivity contribution in [2.75, 3.05) is 5.32 Å². The molecule has 2 aliphatic rings. The lowest BCUT2D eigenvalue weighted by Crippen LogP contribution is -2.37. The van der Waals surface area contributed by atoms with Crippen molar-refractivity contribution in [2.45, 2.75) is 18.8 Å². The SMILES string of the molecule is O=C1CCC=C2Nc3[nH]n(-c4ccccc4)c(=O)c3C(c3c(F)cccc3Cl)C12. The summed E-state index contributed by atoms with van der Waals surface area (Å²) in [6.45, 7) is 0. The summed E-state index contributed by atoms with van der Waals surface area (Å²) in [7, 11) is 0. The van der Waals surface area contributed by atoms with E-state index in [0.29, 0.717) is 35.6 Å². The molecule has 1 aliphatic heterocycles. The number of fused-ring (bicyclic) bond motifs is 2. The van der Waals surface area contributed by atoms with Gasteiger partial charge in [0.15, 0.2) is 0 Å². The lowest BCUT2D eigenvalue weighted by atomic mass is 9.72. The summed E-state index contributed by atoms with van der Waals surface area (Å²) in [5, 5.41) is 6.48. The van der Waals surface area contributed by atoms with E-state index in [1.165, 1.54) is 16.8 Å². The summed E-state index contributed by atoms with van der Waals surface area (Å²) in [6.07, 6.45) is 2.90. The molecule has 0 fully saturated rings. The molecule has 7 heteroatoms. The van der Waals surface area contributed by atoms with Crippen molar-refractivity contribution in [1.29, 1.82) is 0 Å². The molecular formula is C22H17ClFN3O2. The van der Waals surface area contributed by atoms with Crippen molar-refractivity contribution in [3.63, 3.8) is 0 Å². The second-order valence-corrected chi connectivity index (χ2v) is 7.66. The van der Waals surface area contributed by atoms with Gasteiger partial charge in [0.1, 0.15) is 17.4 Å². The van der Waals surface area contributed by atoms with E-state index < -0.39 is 17.7 Å². The van der Waals surface area contributed by atoms with Crippen molar-refractivity contribution in [3.05, 3.63) is 92.6 Å². The van der Waals surface area contributed by atoms with Crippen molar-refractivity contribution in [1.82, 2.24) is 9.78 Å². The molecule has 2 unspecified atom stereocenters. The fourth-order valence-corrected chi connectivity index (χ4v) is 4.62. The normalized spacial score (nSPS) is 20.5. The largest absolute Gasteiger partial charge is 0.343 e. The third-order valence-corrected chi connectivity index (χ3v) is 5.93. The second-order valence-electron chi connectivity index (χ2n) is 7.26. The van der Waals surface area contributed by atoms with Gasteiger partial charge in [-0.1, -0.05) is 41.9 Å². The summed E-state index contributed by atoms with van der Waals surface area (Å²) in [4.78, 5) is 26.3. The molecule has 146 valence electrons. The van der Waals surface area contributed by atoms with Gasteiger partial charge < -0.3 is 5.32 Å². The number of aromatic amines is 1. The number of nitrogens with zero attached hydrogens (tertiary/aromatic N) is 1. The van der Waals surface area contributed by atoms with Gasteiger partial charge in [0, 0.05) is 28.6 Å². The number of hydrogen-bond donors (Lipinski definition) is 2. The number of Topliss-reactive ketones (excluding diaryl/α,β-unsaturated/α-hetero) is 1. The Bertz CT molecular complexity index is 1190. The summed E-state index contributed by atoms with van der Waals surface area (Å²) in [6, 6.07) is 13.5. The first-order valence-electron chi connectivity index (χ1n) is 9.40. The highest BCUT2D eigenvalue weighted by atomic mass is 35.5. The van der Waals surface area contributed by atoms with Gasteiger partial charge in [0.2, 0.25) is 0 Å². The van der Waals surface area contributed by atoms with Gasteiger partial charge in [0.05, 0.1) is 17.2 Å². The number of ketones is 1. The Balaban J connectivity index is 1.80. The number of para-hydroxylation sites is 1. The van der Waals surface area contributed by atoms with Crippen LogP contribution in [0.15, 0.2) is 65.1 Å². The molecule has 2 aromatic carbocycles. The number of allylic oxidation sites excluding steroid dienone is 2. The molecule has 2 atom stereocenters. The monoisotopic (exact) mass is 409 g/mol. The van der Waals surface area contributed by atoms with Gasteiger partial charge in [-0.15, -0.1) is 0 Å². The van der Waals surface area contributed by atoms with Crippen molar-refractivity contribution in [3.8, 4) is 5.69 Å². The molecule has 0 saturated heterocycles. The van der Waals surface area contributed by atoms with Gasteiger partial charge in [0.25, 0.3) is 5.56 Å². The third kappa shape index (κ3) is 2.75. The minimum atomic E-state index is -0.798. The molecule has 2 N–H and O–H groups in total. The molecule has 1 aliphatic carbocycles. The molecule has 0 bridgehead atoms. The van der Waals surface area contributed by atoms with E-state index in [0.717, 1.165) is 0 Å². The average molecular weight is 410 g/mol. The fraction of sp³-hybridized carbons (Fsp3) is 0.182. The zero-order chi connectivity index (χ0) is 20.1. The Labute approximate surface area is 170 Å². The number of rotatable bonds is 2. The predicted molar refractivity (Wildman–Crippen MR) is 109 cm³/mol. The first kappa shape index (κ1) is 17.9. The molecule has 0 spiro atoms. The number of aromatic nitrogens is 2. The molecule has 1 aromatic heterocycles. The summed E-state index contributed by atoms with van der Waals surface area (Å²) in [5.74, 6) is -1.57. The average Bonchev–Trinajstić information content (AvgIpc) is 3.04. The number of carbonyl (C=O) groups excluding carboxylic acids is 1. The van der Waals surface area contributed by atoms with Crippen molar-refractivity contribution < 1.29 is 9.18 Å². The smallest absolute Gasteiger partial charge is 0.277 e. The maximum Gasteiger partial charge on any atom is 0.277 e. The quantitative estimate of drug-likeness (QED) is 0.660. The Morgan fingerprint density at radius 1 is 1.00 bits per heavy atom. The topological polar surface area (TPSA) is 66.9 Å². The molecular weight excluding hydrogens is 393 g/mol. The number of benzene rings is 2. The van der Waals surface area contributed by atoms with Gasteiger partial charge in [-0.2, -0.15) is 0 Å². The summed E-state index contributed by atoms with van der Waals surface area (Å²) < 4.78 is 16.3. The van der Waals surface area contributed by atoms with Crippen molar-refractivity contribution >= 4 is 23.2 Å². The van der Waals surface area contributed by atoms with E-state index >= 15 is 0 Å². The van der Waals surface area contributed by atoms with Crippen LogP contribution in [-0.2, 0) is 4.79 Å². The molecule has 0 saturated carbocycles. The zero-order valence-corrected chi connectivity index (χ0v) is 16.0. The number of anilines is 1. The van der Waals surface area contributed by atoms with E-state index in [9.17, 15) is 14.0 Å². The van der Waals surface area contributed by atoms with E-state index in [2.05, 4.69) is 10.4 Å². The first-order chi connectivity index (χ1) is 14.1. The zero-order valence-electron chi connectivity index (χ0n) is 15.3. The van der Waals surface area contributed by atoms with Crippen LogP contribution in [0.4, 0.5) is 10.2 Å². The van der Waals surface area contributed by atoms with Crippen LogP contribution in [0.25, 0.3) is 5.69 Å². The molecule has 29 heavy (non-hydrogen) atoms. The Kier molecular flexibility index (Phi) is 4.17. The molecule has 5 nitrogen and oxygen atoms in total. The molecule has 3 aromatic rings. The van der Waals surface area contributed by atoms with Gasteiger partial charge in [-0.05, 0) is 30.7 Å². The predicted octanol–water partition coefficient (Wildman–Crippen LogP) is 4.38. The van der Waals surface area contributed by atoms with Gasteiger partial charge in [-0.25, -0.2) is 9.07 Å². The second kappa shape index (κ2) is 6.74. The number of nitrogens with one attached hydrogen (secondary N) is 2. The first-order valence-corrected chi connectivity index (χ1v) is 9.78. The Hall–Kier alpha value is -3.12. The Morgan fingerprint density at radius 2 is 1.79 bits per heavy atom. The number of H-pyrrole nitrogens is 1. The highest BCUT2D eigenvalue weighted by Crippen LogP contribution is 2.47. The van der Waals surface area contributed by atoms with Crippen LogP contribution in [0, 0.1) is 11.7 Å². The Morgan fingerprint density at radius 3 is 2.55 bits per heavy atom. The van der Waals surface area contributed by atoms with Crippen LogP contribution in [0.1, 0.15) is 29.9 Å². The highest BCUT2D eigenvalue weighted by molar-refractivity contribution is 6.31. The van der Waals surface area contributed by atoms with Crippen LogP contribution in [-0.4, -0.2) is 15.6 Å². The minimum absolute atomic E-state index is 0.0307. The summed E-state index contributed by atoms with van der Waals surface area (Å²) in [5.41, 5.74) is 1.49. The maximum absolute atomic E-state index is 14.9. The summed E-state index contributed by atoms with van der Waals surface area (Å²) >= 11 is 6.37. The highest BCUT2D eigenvalue weighted by Gasteiger charge is 2.44. The van der Waals surface area contributed by atoms with Gasteiger partial charge in [-0.3, -0.25) is 14.7 Å². The van der Waals surface area contributed by atoms with Crippen LogP contribution < -0.4 is 10.9 Å². The number of hydrogen-bond acceptors (Lipinski definition) is 3.